The molecule has 2 saturated heterocycles. The summed E-state index contributed by atoms with van der Waals surface area (Å²) in [5.41, 5.74) is 0.218. The second-order valence-electron chi connectivity index (χ2n) is 7.08. The molecule has 0 radical (unpaired) electrons. The second kappa shape index (κ2) is 5.80. The molecule has 0 aromatic heterocycles. The highest BCUT2D eigenvalue weighted by molar-refractivity contribution is 5.78. The van der Waals surface area contributed by atoms with Crippen molar-refractivity contribution in [1.82, 2.24) is 10.2 Å². The molecule has 0 aromatic carbocycles. The van der Waals surface area contributed by atoms with Crippen molar-refractivity contribution in [3.05, 3.63) is 0 Å². The Kier molecular flexibility index (Phi) is 4.51. The first kappa shape index (κ1) is 14.8. The maximum Gasteiger partial charge on any atom is 0.222 e. The van der Waals surface area contributed by atoms with Crippen LogP contribution in [0.25, 0.3) is 0 Å². The molecule has 2 rings (SSSR count). The maximum absolute atomic E-state index is 12.2. The number of nitrogens with zero attached hydrogens (tertiary/aromatic N) is 1. The molecule has 0 aliphatic carbocycles. The second-order valence-corrected chi connectivity index (χ2v) is 7.08. The molecule has 2 fully saturated rings. The first-order chi connectivity index (χ1) is 8.91. The Bertz CT molecular complexity index is 319. The molecule has 4 heteroatoms. The molecule has 2 aliphatic rings. The summed E-state index contributed by atoms with van der Waals surface area (Å²) in [4.78, 5) is 14.2. The molecular formula is C15H28N2O2. The van der Waals surface area contributed by atoms with Crippen molar-refractivity contribution in [2.75, 3.05) is 33.4 Å². The Morgan fingerprint density at radius 3 is 2.68 bits per heavy atom. The third kappa shape index (κ3) is 3.48. The first-order valence-corrected chi connectivity index (χ1v) is 7.44. The Morgan fingerprint density at radius 2 is 2.21 bits per heavy atom. The molecular weight excluding hydrogens is 240 g/mol. The molecule has 0 bridgehead atoms. The molecule has 3 atom stereocenters. The van der Waals surface area contributed by atoms with Crippen molar-refractivity contribution < 1.29 is 9.53 Å². The molecule has 2 aliphatic heterocycles. The van der Waals surface area contributed by atoms with E-state index in [9.17, 15) is 4.79 Å². The van der Waals surface area contributed by atoms with E-state index < -0.39 is 0 Å². The highest BCUT2D eigenvalue weighted by Gasteiger charge is 2.38. The minimum absolute atomic E-state index is 0.218. The molecule has 3 unspecified atom stereocenters. The summed E-state index contributed by atoms with van der Waals surface area (Å²) in [7, 11) is 1.99. The molecule has 0 spiro atoms. The van der Waals surface area contributed by atoms with E-state index in [1.165, 1.54) is 0 Å². The smallest absolute Gasteiger partial charge is 0.222 e. The lowest BCUT2D eigenvalue weighted by molar-refractivity contribution is -0.128. The van der Waals surface area contributed by atoms with Gasteiger partial charge in [-0.3, -0.25) is 4.79 Å². The van der Waals surface area contributed by atoms with Gasteiger partial charge in [-0.05, 0) is 24.8 Å². The van der Waals surface area contributed by atoms with E-state index in [-0.39, 0.29) is 5.41 Å². The molecule has 0 aromatic rings. The van der Waals surface area contributed by atoms with Gasteiger partial charge in [0.2, 0.25) is 5.91 Å². The fourth-order valence-electron chi connectivity index (χ4n) is 3.11. The van der Waals surface area contributed by atoms with E-state index in [1.54, 1.807) is 0 Å². The predicted octanol–water partition coefficient (Wildman–Crippen LogP) is 1.51. The van der Waals surface area contributed by atoms with Crippen LogP contribution in [0.15, 0.2) is 0 Å². The Labute approximate surface area is 116 Å². The van der Waals surface area contributed by atoms with E-state index in [0.29, 0.717) is 30.2 Å². The van der Waals surface area contributed by atoms with Gasteiger partial charge in [0.1, 0.15) is 0 Å². The highest BCUT2D eigenvalue weighted by Crippen LogP contribution is 2.34. The number of hydrogen-bond donors (Lipinski definition) is 1. The average Bonchev–Trinajstić information content (AvgIpc) is 2.95. The van der Waals surface area contributed by atoms with Gasteiger partial charge in [0, 0.05) is 38.1 Å². The Balaban J connectivity index is 1.93. The molecule has 4 nitrogen and oxygen atoms in total. The quantitative estimate of drug-likeness (QED) is 0.840. The standard InChI is InChI=1S/C15H28N2O2/c1-15(2,3)12-7-14(18)17(8-12)9-13(16-4)11-5-6-19-10-11/h11-13,16H,5-10H2,1-4H3. The van der Waals surface area contributed by atoms with Gasteiger partial charge in [0.05, 0.1) is 6.61 Å². The minimum atomic E-state index is 0.218. The predicted molar refractivity (Wildman–Crippen MR) is 75.9 cm³/mol. The summed E-state index contributed by atoms with van der Waals surface area (Å²) in [5.74, 6) is 1.35. The Hall–Kier alpha value is -0.610. The molecule has 110 valence electrons. The van der Waals surface area contributed by atoms with Crippen molar-refractivity contribution in [1.29, 1.82) is 0 Å². The highest BCUT2D eigenvalue weighted by atomic mass is 16.5. The van der Waals surface area contributed by atoms with Crippen LogP contribution in [0.3, 0.4) is 0 Å². The lowest BCUT2D eigenvalue weighted by Crippen LogP contribution is -2.45. The van der Waals surface area contributed by atoms with Gasteiger partial charge >= 0.3 is 0 Å². The van der Waals surface area contributed by atoms with Crippen LogP contribution in [0.2, 0.25) is 0 Å². The van der Waals surface area contributed by atoms with Crippen molar-refractivity contribution in [3.8, 4) is 0 Å². The zero-order chi connectivity index (χ0) is 14.0. The van der Waals surface area contributed by atoms with Crippen LogP contribution in [0.5, 0.6) is 0 Å². The van der Waals surface area contributed by atoms with Crippen LogP contribution in [-0.2, 0) is 9.53 Å². The maximum atomic E-state index is 12.2. The largest absolute Gasteiger partial charge is 0.381 e. The van der Waals surface area contributed by atoms with Crippen molar-refractivity contribution in [3.63, 3.8) is 0 Å². The molecule has 1 N–H and O–H groups in total. The minimum Gasteiger partial charge on any atom is -0.381 e. The summed E-state index contributed by atoms with van der Waals surface area (Å²) in [6.07, 6.45) is 1.82. The van der Waals surface area contributed by atoms with Crippen molar-refractivity contribution >= 4 is 5.91 Å². The average molecular weight is 268 g/mol. The number of hydrogen-bond acceptors (Lipinski definition) is 3. The lowest BCUT2D eigenvalue weighted by atomic mass is 9.80. The summed E-state index contributed by atoms with van der Waals surface area (Å²) >= 11 is 0. The zero-order valence-electron chi connectivity index (χ0n) is 12.7. The number of rotatable bonds is 4. The number of likely N-dealkylation sites (tertiary alicyclic amines) is 1. The summed E-state index contributed by atoms with van der Waals surface area (Å²) in [6.45, 7) is 10.1. The molecule has 1 amide bonds. The van der Waals surface area contributed by atoms with Crippen LogP contribution in [0.1, 0.15) is 33.6 Å². The van der Waals surface area contributed by atoms with E-state index in [4.69, 9.17) is 4.74 Å². The van der Waals surface area contributed by atoms with E-state index in [2.05, 4.69) is 31.0 Å². The van der Waals surface area contributed by atoms with Crippen LogP contribution >= 0.6 is 0 Å². The van der Waals surface area contributed by atoms with Crippen molar-refractivity contribution in [2.45, 2.75) is 39.7 Å². The topological polar surface area (TPSA) is 41.6 Å². The number of ether oxygens (including phenoxy) is 1. The van der Waals surface area contributed by atoms with Gasteiger partial charge in [-0.1, -0.05) is 20.8 Å². The zero-order valence-corrected chi connectivity index (χ0v) is 12.7. The van der Waals surface area contributed by atoms with E-state index in [1.807, 2.05) is 7.05 Å². The van der Waals surface area contributed by atoms with Gasteiger partial charge in [0.15, 0.2) is 0 Å². The monoisotopic (exact) mass is 268 g/mol. The third-order valence-electron chi connectivity index (χ3n) is 4.76. The fourth-order valence-corrected chi connectivity index (χ4v) is 3.11. The fraction of sp³-hybridized carbons (Fsp3) is 0.933. The van der Waals surface area contributed by atoms with Gasteiger partial charge in [0.25, 0.3) is 0 Å². The number of nitrogens with one attached hydrogen (secondary N) is 1. The van der Waals surface area contributed by atoms with Crippen LogP contribution in [0, 0.1) is 17.3 Å². The SMILES string of the molecule is CNC(CN1CC(C(C)(C)C)CC1=O)C1CCOC1. The van der Waals surface area contributed by atoms with E-state index >= 15 is 0 Å². The summed E-state index contributed by atoms with van der Waals surface area (Å²) < 4.78 is 5.46. The van der Waals surface area contributed by atoms with Crippen LogP contribution in [-0.4, -0.2) is 50.2 Å². The first-order valence-electron chi connectivity index (χ1n) is 7.44. The molecule has 19 heavy (non-hydrogen) atoms. The van der Waals surface area contributed by atoms with Gasteiger partial charge in [-0.2, -0.15) is 0 Å². The van der Waals surface area contributed by atoms with Gasteiger partial charge in [-0.15, -0.1) is 0 Å². The van der Waals surface area contributed by atoms with E-state index in [0.717, 1.165) is 32.7 Å². The number of carbonyl (C=O) groups excluding carboxylic acids is 1. The Morgan fingerprint density at radius 1 is 1.47 bits per heavy atom. The molecule has 2 heterocycles. The van der Waals surface area contributed by atoms with Crippen LogP contribution in [0.4, 0.5) is 0 Å². The molecule has 0 saturated carbocycles. The lowest BCUT2D eigenvalue weighted by Gasteiger charge is -2.29. The number of amides is 1. The summed E-state index contributed by atoms with van der Waals surface area (Å²) in [5, 5.41) is 3.37. The number of likely N-dealkylation sites (N-methyl/N-ethyl adjacent to an activating group) is 1. The van der Waals surface area contributed by atoms with Crippen LogP contribution < -0.4 is 5.32 Å². The number of carbonyl (C=O) groups is 1. The normalized spacial score (nSPS) is 30.1. The summed E-state index contributed by atoms with van der Waals surface area (Å²) in [6, 6.07) is 0.366. The third-order valence-corrected chi connectivity index (χ3v) is 4.76. The van der Waals surface area contributed by atoms with Gasteiger partial charge in [-0.25, -0.2) is 0 Å². The van der Waals surface area contributed by atoms with Gasteiger partial charge < -0.3 is 15.0 Å². The van der Waals surface area contributed by atoms with Crippen molar-refractivity contribution in [2.24, 2.45) is 17.3 Å².